The van der Waals surface area contributed by atoms with Crippen LogP contribution in [-0.4, -0.2) is 69.6 Å². The molecule has 12 heteroatoms. The number of phenolic OH excluding ortho intramolecular Hbond substituents is 1. The molecule has 0 aliphatic carbocycles. The van der Waals surface area contributed by atoms with Gasteiger partial charge >= 0.3 is 0 Å². The molecule has 2 saturated heterocycles. The van der Waals surface area contributed by atoms with Crippen LogP contribution in [0.1, 0.15) is 54.2 Å². The minimum Gasteiger partial charge on any atom is -0.507 e. The maximum Gasteiger partial charge on any atom is 0.271 e. The molecule has 5 heterocycles. The second-order valence-electron chi connectivity index (χ2n) is 12.7. The number of aryl methyl sites for hydroxylation is 1. The van der Waals surface area contributed by atoms with Crippen molar-refractivity contribution in [2.24, 2.45) is 5.41 Å². The first-order valence-electron chi connectivity index (χ1n) is 15.5. The molecule has 1 aromatic carbocycles. The average Bonchev–Trinajstić information content (AvgIpc) is 3.03. The summed E-state index contributed by atoms with van der Waals surface area (Å²) in [5, 5.41) is 13.3. The van der Waals surface area contributed by atoms with Crippen molar-refractivity contribution >= 4 is 28.5 Å². The highest BCUT2D eigenvalue weighted by Gasteiger charge is 2.47. The van der Waals surface area contributed by atoms with Gasteiger partial charge in [0, 0.05) is 50.2 Å². The number of fused-ring (bicyclic) bond motifs is 1. The molecule has 0 atom stereocenters. The molecule has 2 aliphatic heterocycles. The number of hydrogen-bond acceptors (Lipinski definition) is 7. The van der Waals surface area contributed by atoms with Crippen molar-refractivity contribution in [1.29, 1.82) is 0 Å². The highest BCUT2D eigenvalue weighted by Crippen LogP contribution is 2.44. The Bertz CT molecular complexity index is 1990. The van der Waals surface area contributed by atoms with E-state index in [9.17, 15) is 19.5 Å². The molecule has 0 radical (unpaired) electrons. The summed E-state index contributed by atoms with van der Waals surface area (Å²) in [4.78, 5) is 53.2. The highest BCUT2D eigenvalue weighted by molar-refractivity contribution is 6.07. The molecule has 0 unspecified atom stereocenters. The molecular weight excluding hydrogens is 606 g/mol. The van der Waals surface area contributed by atoms with E-state index in [4.69, 9.17) is 0 Å². The van der Waals surface area contributed by atoms with Crippen molar-refractivity contribution in [2.45, 2.75) is 39.5 Å². The smallest absolute Gasteiger partial charge is 0.271 e. The lowest BCUT2D eigenvalue weighted by atomic mass is 9.71. The number of pyridine rings is 3. The average molecular weight is 643 g/mol. The number of aromatic nitrogens is 3. The number of likely N-dealkylation sites (tertiary alicyclic amines) is 1. The van der Waals surface area contributed by atoms with Gasteiger partial charge in [-0.2, -0.15) is 0 Å². The first-order valence-corrected chi connectivity index (χ1v) is 15.5. The summed E-state index contributed by atoms with van der Waals surface area (Å²) in [6, 6.07) is 6.49. The standard InChI is InChI=1S/C35H36F2N6O4/c1-6-25(45)42-17-35(18-42)11-14-41(15-12-35)31-21-16-23(37)29(26-22(36)8-7-9-24(26)44)40-32(21)43(34(47)27(31)33(46)38-5)30-20(4)10-13-39-28(30)19(2)3/h6-10,13,16,19,44H,1,11-12,14-15,17-18H2,2-5H3,(H,38,46). The number of piperidine rings is 1. The Hall–Kier alpha value is -5.13. The quantitative estimate of drug-likeness (QED) is 0.289. The molecule has 2 amide bonds. The Morgan fingerprint density at radius 1 is 1.11 bits per heavy atom. The van der Waals surface area contributed by atoms with Gasteiger partial charge in [-0.25, -0.2) is 13.8 Å². The lowest BCUT2D eigenvalue weighted by Gasteiger charge is -2.54. The summed E-state index contributed by atoms with van der Waals surface area (Å²) in [7, 11) is 1.42. The van der Waals surface area contributed by atoms with E-state index in [1.54, 1.807) is 24.1 Å². The topological polar surface area (TPSA) is 121 Å². The second-order valence-corrected chi connectivity index (χ2v) is 12.7. The molecule has 244 valence electrons. The maximum atomic E-state index is 16.2. The fourth-order valence-corrected chi connectivity index (χ4v) is 6.91. The zero-order chi connectivity index (χ0) is 33.8. The van der Waals surface area contributed by atoms with Crippen molar-refractivity contribution in [3.05, 3.63) is 88.0 Å². The number of benzene rings is 1. The molecule has 0 bridgehead atoms. The van der Waals surface area contributed by atoms with Crippen molar-refractivity contribution in [2.75, 3.05) is 38.1 Å². The zero-order valence-corrected chi connectivity index (χ0v) is 26.7. The number of anilines is 1. The molecule has 0 saturated carbocycles. The molecule has 2 N–H and O–H groups in total. The Morgan fingerprint density at radius 3 is 2.43 bits per heavy atom. The van der Waals surface area contributed by atoms with E-state index in [0.717, 1.165) is 12.1 Å². The lowest BCUT2D eigenvalue weighted by Crippen LogP contribution is -2.61. The SMILES string of the molecule is C=CC(=O)N1CC2(CCN(c3c(C(=O)NC)c(=O)n(-c4c(C)ccnc4C(C)C)c4nc(-c5c(O)cccc5F)c(F)cc34)CC2)C1. The molecular formula is C35H36F2N6O4. The van der Waals surface area contributed by atoms with Crippen LogP contribution in [0, 0.1) is 24.0 Å². The van der Waals surface area contributed by atoms with E-state index in [2.05, 4.69) is 21.9 Å². The fourth-order valence-electron chi connectivity index (χ4n) is 6.91. The van der Waals surface area contributed by atoms with Gasteiger partial charge in [-0.1, -0.05) is 26.5 Å². The largest absolute Gasteiger partial charge is 0.507 e. The Morgan fingerprint density at radius 2 is 1.81 bits per heavy atom. The van der Waals surface area contributed by atoms with Crippen molar-refractivity contribution in [3.63, 3.8) is 0 Å². The highest BCUT2D eigenvalue weighted by atomic mass is 19.1. The summed E-state index contributed by atoms with van der Waals surface area (Å²) in [6.07, 6.45) is 4.26. The summed E-state index contributed by atoms with van der Waals surface area (Å²) in [5.74, 6) is -3.28. The summed E-state index contributed by atoms with van der Waals surface area (Å²) in [6.45, 7) is 11.2. The van der Waals surface area contributed by atoms with Crippen LogP contribution in [-0.2, 0) is 4.79 Å². The van der Waals surface area contributed by atoms with Crippen LogP contribution < -0.4 is 15.8 Å². The molecule has 1 spiro atoms. The molecule has 6 rings (SSSR count). The van der Waals surface area contributed by atoms with Crippen LogP contribution in [0.4, 0.5) is 14.5 Å². The number of amides is 2. The van der Waals surface area contributed by atoms with Crippen LogP contribution in [0.25, 0.3) is 28.0 Å². The first kappa shape index (κ1) is 31.8. The number of hydrogen-bond donors (Lipinski definition) is 2. The number of phenols is 1. The minimum absolute atomic E-state index is 0.0126. The van der Waals surface area contributed by atoms with Gasteiger partial charge in [0.25, 0.3) is 11.5 Å². The molecule has 4 aromatic rings. The van der Waals surface area contributed by atoms with Crippen LogP contribution >= 0.6 is 0 Å². The third-order valence-electron chi connectivity index (χ3n) is 9.36. The normalized spacial score (nSPS) is 15.6. The van der Waals surface area contributed by atoms with Gasteiger partial charge in [0.1, 0.15) is 22.8 Å². The van der Waals surface area contributed by atoms with Crippen molar-refractivity contribution in [1.82, 2.24) is 24.8 Å². The number of nitrogens with one attached hydrogen (secondary N) is 1. The third-order valence-corrected chi connectivity index (χ3v) is 9.36. The fraction of sp³-hybridized carbons (Fsp3) is 0.343. The van der Waals surface area contributed by atoms with E-state index in [0.29, 0.717) is 56.0 Å². The summed E-state index contributed by atoms with van der Waals surface area (Å²) in [5.41, 5.74) is -0.111. The monoisotopic (exact) mass is 642 g/mol. The Balaban J connectivity index is 1.64. The number of carbonyl (C=O) groups is 2. The number of carbonyl (C=O) groups excluding carboxylic acids is 2. The van der Waals surface area contributed by atoms with Gasteiger partial charge < -0.3 is 20.2 Å². The van der Waals surface area contributed by atoms with Gasteiger partial charge in [-0.15, -0.1) is 0 Å². The number of rotatable bonds is 6. The Kier molecular flexibility index (Phi) is 8.06. The predicted molar refractivity (Wildman–Crippen MR) is 175 cm³/mol. The van der Waals surface area contributed by atoms with E-state index >= 15 is 8.78 Å². The first-order chi connectivity index (χ1) is 22.4. The van der Waals surface area contributed by atoms with Gasteiger partial charge in [-0.3, -0.25) is 23.9 Å². The molecule has 3 aromatic heterocycles. The van der Waals surface area contributed by atoms with Crippen LogP contribution in [0.5, 0.6) is 5.75 Å². The Labute approximate surface area is 270 Å². The van der Waals surface area contributed by atoms with E-state index < -0.39 is 40.1 Å². The minimum atomic E-state index is -0.940. The van der Waals surface area contributed by atoms with Crippen LogP contribution in [0.2, 0.25) is 0 Å². The maximum absolute atomic E-state index is 16.2. The molecule has 47 heavy (non-hydrogen) atoms. The van der Waals surface area contributed by atoms with Crippen molar-refractivity contribution < 1.29 is 23.5 Å². The molecule has 2 aliphatic rings. The summed E-state index contributed by atoms with van der Waals surface area (Å²) >= 11 is 0. The molecule has 10 nitrogen and oxygen atoms in total. The number of halogens is 2. The van der Waals surface area contributed by atoms with Crippen LogP contribution in [0.3, 0.4) is 0 Å². The van der Waals surface area contributed by atoms with E-state index in [-0.39, 0.29) is 39.5 Å². The summed E-state index contributed by atoms with van der Waals surface area (Å²) < 4.78 is 32.6. The second kappa shape index (κ2) is 11.9. The van der Waals surface area contributed by atoms with Crippen molar-refractivity contribution in [3.8, 4) is 22.7 Å². The number of nitrogens with zero attached hydrogens (tertiary/aromatic N) is 5. The van der Waals surface area contributed by atoms with Gasteiger partial charge in [0.2, 0.25) is 5.91 Å². The van der Waals surface area contributed by atoms with Crippen LogP contribution in [0.15, 0.2) is 54.0 Å². The van der Waals surface area contributed by atoms with Gasteiger partial charge in [0.05, 0.1) is 22.6 Å². The van der Waals surface area contributed by atoms with Gasteiger partial charge in [0.15, 0.2) is 11.5 Å². The third kappa shape index (κ3) is 5.21. The zero-order valence-electron chi connectivity index (χ0n) is 26.7. The molecule has 2 fully saturated rings. The van der Waals surface area contributed by atoms with Gasteiger partial charge in [-0.05, 0) is 61.6 Å². The lowest BCUT2D eigenvalue weighted by molar-refractivity contribution is -0.139. The van der Waals surface area contributed by atoms with E-state index in [1.807, 2.05) is 18.7 Å². The van der Waals surface area contributed by atoms with E-state index in [1.165, 1.54) is 29.8 Å². The number of aromatic hydroxyl groups is 1. The predicted octanol–water partition coefficient (Wildman–Crippen LogP) is 4.84.